The summed E-state index contributed by atoms with van der Waals surface area (Å²) in [6, 6.07) is 0. The summed E-state index contributed by atoms with van der Waals surface area (Å²) in [7, 11) is 0. The standard InChI is InChI=1S/C9H12N2OS2/c10-7(13)5-9(1-2-9)6-11-3-4-14-8(11)12/h3-4H,1-2,5-6H2,(H2,10,13). The first-order valence-electron chi connectivity index (χ1n) is 4.54. The zero-order valence-corrected chi connectivity index (χ0v) is 9.37. The van der Waals surface area contributed by atoms with Crippen molar-refractivity contribution in [2.24, 2.45) is 11.1 Å². The Morgan fingerprint density at radius 2 is 2.43 bits per heavy atom. The fraction of sp³-hybridized carbons (Fsp3) is 0.556. The van der Waals surface area contributed by atoms with Gasteiger partial charge in [0.25, 0.3) is 0 Å². The second-order valence-electron chi connectivity index (χ2n) is 3.94. The minimum absolute atomic E-state index is 0.110. The van der Waals surface area contributed by atoms with Gasteiger partial charge in [-0.2, -0.15) is 0 Å². The maximum atomic E-state index is 11.3. The molecule has 2 rings (SSSR count). The average molecular weight is 228 g/mol. The summed E-state index contributed by atoms with van der Waals surface area (Å²) in [4.78, 5) is 12.0. The second-order valence-corrected chi connectivity index (χ2v) is 5.32. The van der Waals surface area contributed by atoms with Crippen LogP contribution in [0.15, 0.2) is 16.4 Å². The van der Waals surface area contributed by atoms with Crippen LogP contribution in [0.4, 0.5) is 0 Å². The van der Waals surface area contributed by atoms with Crippen LogP contribution in [-0.4, -0.2) is 9.56 Å². The van der Waals surface area contributed by atoms with E-state index in [1.807, 2.05) is 11.6 Å². The van der Waals surface area contributed by atoms with Gasteiger partial charge in [0.15, 0.2) is 0 Å². The summed E-state index contributed by atoms with van der Waals surface area (Å²) in [5.74, 6) is 0. The van der Waals surface area contributed by atoms with Crippen molar-refractivity contribution in [1.29, 1.82) is 0 Å². The maximum Gasteiger partial charge on any atom is 0.307 e. The average Bonchev–Trinajstić information content (AvgIpc) is 2.70. The number of aromatic nitrogens is 1. The molecule has 1 heterocycles. The Morgan fingerprint density at radius 1 is 1.71 bits per heavy atom. The van der Waals surface area contributed by atoms with Gasteiger partial charge in [-0.25, -0.2) is 0 Å². The summed E-state index contributed by atoms with van der Waals surface area (Å²) in [6.07, 6.45) is 4.87. The van der Waals surface area contributed by atoms with E-state index in [4.69, 9.17) is 18.0 Å². The molecule has 0 spiro atoms. The van der Waals surface area contributed by atoms with Gasteiger partial charge < -0.3 is 10.3 Å². The third-order valence-electron chi connectivity index (χ3n) is 2.66. The summed E-state index contributed by atoms with van der Waals surface area (Å²) in [5, 5.41) is 1.82. The van der Waals surface area contributed by atoms with Crippen molar-refractivity contribution in [3.63, 3.8) is 0 Å². The molecule has 0 atom stereocenters. The van der Waals surface area contributed by atoms with Gasteiger partial charge in [0.1, 0.15) is 0 Å². The third kappa shape index (κ3) is 2.04. The molecule has 5 heteroatoms. The minimum Gasteiger partial charge on any atom is -0.393 e. The fourth-order valence-electron chi connectivity index (χ4n) is 1.71. The monoisotopic (exact) mass is 228 g/mol. The van der Waals surface area contributed by atoms with Crippen LogP contribution in [-0.2, 0) is 6.54 Å². The Bertz CT molecular complexity index is 403. The molecule has 2 N–H and O–H groups in total. The zero-order valence-electron chi connectivity index (χ0n) is 7.73. The number of rotatable bonds is 4. The molecule has 1 aliphatic carbocycles. The molecule has 76 valence electrons. The molecule has 0 radical (unpaired) electrons. The lowest BCUT2D eigenvalue weighted by Crippen LogP contribution is -2.23. The molecule has 0 bridgehead atoms. The SMILES string of the molecule is NC(=S)CC1(Cn2ccsc2=O)CC1. The zero-order chi connectivity index (χ0) is 10.2. The van der Waals surface area contributed by atoms with Crippen molar-refractivity contribution in [3.05, 3.63) is 21.2 Å². The van der Waals surface area contributed by atoms with Gasteiger partial charge in [-0.3, -0.25) is 4.79 Å². The van der Waals surface area contributed by atoms with E-state index >= 15 is 0 Å². The highest BCUT2D eigenvalue weighted by Crippen LogP contribution is 2.49. The quantitative estimate of drug-likeness (QED) is 0.792. The first-order valence-corrected chi connectivity index (χ1v) is 5.82. The molecular weight excluding hydrogens is 216 g/mol. The third-order valence-corrected chi connectivity index (χ3v) is 3.49. The number of hydrogen-bond acceptors (Lipinski definition) is 3. The lowest BCUT2D eigenvalue weighted by atomic mass is 10.0. The molecule has 0 aliphatic heterocycles. The van der Waals surface area contributed by atoms with Gasteiger partial charge in [-0.1, -0.05) is 23.6 Å². The Kier molecular flexibility index (Phi) is 2.45. The Morgan fingerprint density at radius 3 is 2.86 bits per heavy atom. The van der Waals surface area contributed by atoms with E-state index in [-0.39, 0.29) is 10.3 Å². The molecule has 3 nitrogen and oxygen atoms in total. The van der Waals surface area contributed by atoms with E-state index in [9.17, 15) is 4.79 Å². The molecule has 0 unspecified atom stereocenters. The number of nitrogens with zero attached hydrogens (tertiary/aromatic N) is 1. The predicted molar refractivity (Wildman–Crippen MR) is 61.6 cm³/mol. The highest BCUT2D eigenvalue weighted by molar-refractivity contribution is 7.80. The number of thiocarbonyl (C=S) groups is 1. The normalized spacial score (nSPS) is 18.0. The van der Waals surface area contributed by atoms with Crippen molar-refractivity contribution in [2.45, 2.75) is 25.8 Å². The van der Waals surface area contributed by atoms with Crippen LogP contribution in [0.3, 0.4) is 0 Å². The Labute approximate surface area is 91.5 Å². The maximum absolute atomic E-state index is 11.3. The molecule has 14 heavy (non-hydrogen) atoms. The first kappa shape index (κ1) is 9.86. The summed E-state index contributed by atoms with van der Waals surface area (Å²) in [6.45, 7) is 0.771. The van der Waals surface area contributed by atoms with Gasteiger partial charge >= 0.3 is 4.87 Å². The highest BCUT2D eigenvalue weighted by Gasteiger charge is 2.43. The van der Waals surface area contributed by atoms with Gasteiger partial charge in [-0.05, 0) is 18.3 Å². The molecular formula is C9H12N2OS2. The molecule has 1 aromatic heterocycles. The minimum atomic E-state index is 0.110. The Balaban J connectivity index is 2.08. The van der Waals surface area contributed by atoms with Crippen molar-refractivity contribution in [1.82, 2.24) is 4.57 Å². The second kappa shape index (κ2) is 3.47. The van der Waals surface area contributed by atoms with Crippen LogP contribution in [0.1, 0.15) is 19.3 Å². The summed E-state index contributed by atoms with van der Waals surface area (Å²) < 4.78 is 1.76. The van der Waals surface area contributed by atoms with Crippen LogP contribution in [0.2, 0.25) is 0 Å². The van der Waals surface area contributed by atoms with Crippen LogP contribution >= 0.6 is 23.6 Å². The van der Waals surface area contributed by atoms with Gasteiger partial charge in [0, 0.05) is 24.5 Å². The highest BCUT2D eigenvalue weighted by atomic mass is 32.1. The van der Waals surface area contributed by atoms with Crippen LogP contribution < -0.4 is 10.6 Å². The fourth-order valence-corrected chi connectivity index (χ4v) is 2.60. The van der Waals surface area contributed by atoms with Crippen LogP contribution in [0.5, 0.6) is 0 Å². The molecule has 1 saturated carbocycles. The van der Waals surface area contributed by atoms with Crippen molar-refractivity contribution in [3.8, 4) is 0 Å². The van der Waals surface area contributed by atoms with Crippen molar-refractivity contribution < 1.29 is 0 Å². The van der Waals surface area contributed by atoms with Crippen molar-refractivity contribution >= 4 is 28.5 Å². The van der Waals surface area contributed by atoms with E-state index in [1.54, 1.807) is 4.57 Å². The molecule has 0 saturated heterocycles. The lowest BCUT2D eigenvalue weighted by Gasteiger charge is -2.13. The number of thiazole rings is 1. The van der Waals surface area contributed by atoms with E-state index in [0.717, 1.165) is 25.8 Å². The van der Waals surface area contributed by atoms with E-state index in [0.29, 0.717) is 4.99 Å². The van der Waals surface area contributed by atoms with E-state index < -0.39 is 0 Å². The van der Waals surface area contributed by atoms with Gasteiger partial charge in [0.2, 0.25) is 0 Å². The van der Waals surface area contributed by atoms with E-state index in [1.165, 1.54) is 11.3 Å². The summed E-state index contributed by atoms with van der Waals surface area (Å²) in [5.41, 5.74) is 5.72. The topological polar surface area (TPSA) is 48.0 Å². The molecule has 1 fully saturated rings. The molecule has 1 aliphatic rings. The van der Waals surface area contributed by atoms with E-state index in [2.05, 4.69) is 0 Å². The number of hydrogen-bond donors (Lipinski definition) is 1. The van der Waals surface area contributed by atoms with Crippen molar-refractivity contribution in [2.75, 3.05) is 0 Å². The smallest absolute Gasteiger partial charge is 0.307 e. The largest absolute Gasteiger partial charge is 0.393 e. The molecule has 0 aromatic carbocycles. The molecule has 1 aromatic rings. The van der Waals surface area contributed by atoms with Gasteiger partial charge in [-0.15, -0.1) is 0 Å². The number of nitrogens with two attached hydrogens (primary N) is 1. The molecule has 0 amide bonds. The Hall–Kier alpha value is -0.680. The van der Waals surface area contributed by atoms with Gasteiger partial charge in [0.05, 0.1) is 4.99 Å². The van der Waals surface area contributed by atoms with Crippen LogP contribution in [0.25, 0.3) is 0 Å². The predicted octanol–water partition coefficient (Wildman–Crippen LogP) is 1.37. The lowest BCUT2D eigenvalue weighted by molar-refractivity contribution is 0.435. The van der Waals surface area contributed by atoms with Crippen LogP contribution in [0, 0.1) is 5.41 Å². The summed E-state index contributed by atoms with van der Waals surface area (Å²) >= 11 is 6.14. The first-order chi connectivity index (χ1) is 6.61.